The average Bonchev–Trinajstić information content (AvgIpc) is 3.47. The minimum absolute atomic E-state index is 0.0697. The molecule has 0 radical (unpaired) electrons. The Hall–Kier alpha value is -3.67. The lowest BCUT2D eigenvalue weighted by atomic mass is 10.1. The number of H-pyrrole nitrogens is 1. The second kappa shape index (κ2) is 7.30. The molecule has 0 aliphatic rings. The number of alkyl halides is 3. The lowest BCUT2D eigenvalue weighted by Gasteiger charge is -2.07. The number of aromatic nitrogens is 5. The van der Waals surface area contributed by atoms with Gasteiger partial charge in [0.15, 0.2) is 5.82 Å². The highest BCUT2D eigenvalue weighted by molar-refractivity contribution is 7.90. The van der Waals surface area contributed by atoms with Crippen molar-refractivity contribution in [3.8, 4) is 11.1 Å². The summed E-state index contributed by atoms with van der Waals surface area (Å²) < 4.78 is 68.4. The van der Waals surface area contributed by atoms with Crippen LogP contribution in [0, 0.1) is 0 Å². The predicted molar refractivity (Wildman–Crippen MR) is 99.3 cm³/mol. The SMILES string of the molecule is O=S(=O)(c1cccc(-c2cn[nH]c2)c1)n1ccc(/C=C/c2noc(C(F)(F)F)n2)c1. The van der Waals surface area contributed by atoms with Gasteiger partial charge < -0.3 is 4.52 Å². The lowest BCUT2D eigenvalue weighted by Crippen LogP contribution is -2.10. The predicted octanol–water partition coefficient (Wildman–Crippen LogP) is 3.69. The second-order valence-corrected chi connectivity index (χ2v) is 7.93. The molecule has 1 N–H and O–H groups in total. The van der Waals surface area contributed by atoms with Gasteiger partial charge in [-0.15, -0.1) is 0 Å². The Labute approximate surface area is 167 Å². The number of nitrogens with one attached hydrogen (secondary N) is 1. The molecule has 8 nitrogen and oxygen atoms in total. The van der Waals surface area contributed by atoms with E-state index in [1.165, 1.54) is 42.7 Å². The Balaban J connectivity index is 1.57. The van der Waals surface area contributed by atoms with Crippen LogP contribution in [0.2, 0.25) is 0 Å². The van der Waals surface area contributed by atoms with E-state index in [0.717, 1.165) is 9.54 Å². The van der Waals surface area contributed by atoms with E-state index < -0.39 is 22.1 Å². The number of hydrogen-bond acceptors (Lipinski definition) is 6. The van der Waals surface area contributed by atoms with Crippen molar-refractivity contribution in [1.82, 2.24) is 24.3 Å². The van der Waals surface area contributed by atoms with Gasteiger partial charge in [0, 0.05) is 24.2 Å². The van der Waals surface area contributed by atoms with E-state index in [1.54, 1.807) is 24.5 Å². The van der Waals surface area contributed by atoms with E-state index in [9.17, 15) is 21.6 Å². The maximum absolute atomic E-state index is 12.9. The number of nitrogens with zero attached hydrogens (tertiary/aromatic N) is 4. The summed E-state index contributed by atoms with van der Waals surface area (Å²) in [6, 6.07) is 7.85. The van der Waals surface area contributed by atoms with E-state index in [1.807, 2.05) is 0 Å². The Morgan fingerprint density at radius 3 is 2.67 bits per heavy atom. The van der Waals surface area contributed by atoms with Crippen molar-refractivity contribution in [2.75, 3.05) is 0 Å². The van der Waals surface area contributed by atoms with Gasteiger partial charge in [0.05, 0.1) is 11.1 Å². The number of hydrogen-bond donors (Lipinski definition) is 1. The van der Waals surface area contributed by atoms with Crippen molar-refractivity contribution in [3.63, 3.8) is 0 Å². The van der Waals surface area contributed by atoms with Gasteiger partial charge >= 0.3 is 12.1 Å². The van der Waals surface area contributed by atoms with Crippen LogP contribution in [-0.2, 0) is 16.2 Å². The monoisotopic (exact) mass is 435 g/mol. The van der Waals surface area contributed by atoms with Crippen LogP contribution >= 0.6 is 0 Å². The minimum Gasteiger partial charge on any atom is -0.329 e. The van der Waals surface area contributed by atoms with Crippen LogP contribution in [0.4, 0.5) is 13.2 Å². The molecule has 12 heteroatoms. The number of halogens is 3. The van der Waals surface area contributed by atoms with Crippen molar-refractivity contribution in [2.24, 2.45) is 0 Å². The van der Waals surface area contributed by atoms with E-state index in [4.69, 9.17) is 0 Å². The van der Waals surface area contributed by atoms with Crippen LogP contribution in [0.25, 0.3) is 23.3 Å². The van der Waals surface area contributed by atoms with Gasteiger partial charge in [-0.3, -0.25) is 5.10 Å². The molecule has 0 bridgehead atoms. The molecule has 4 aromatic rings. The van der Waals surface area contributed by atoms with Crippen molar-refractivity contribution in [3.05, 3.63) is 72.4 Å². The summed E-state index contributed by atoms with van der Waals surface area (Å²) >= 11 is 0. The Bertz CT molecular complexity index is 1300. The first-order chi connectivity index (χ1) is 14.2. The van der Waals surface area contributed by atoms with Crippen molar-refractivity contribution < 1.29 is 26.1 Å². The highest BCUT2D eigenvalue weighted by Crippen LogP contribution is 2.27. The molecule has 0 aliphatic carbocycles. The molecule has 154 valence electrons. The summed E-state index contributed by atoms with van der Waals surface area (Å²) in [4.78, 5) is 3.28. The summed E-state index contributed by atoms with van der Waals surface area (Å²) in [7, 11) is -3.88. The molecule has 30 heavy (non-hydrogen) atoms. The van der Waals surface area contributed by atoms with Gasteiger partial charge in [0.25, 0.3) is 10.0 Å². The molecule has 0 saturated heterocycles. The van der Waals surface area contributed by atoms with Crippen molar-refractivity contribution in [2.45, 2.75) is 11.1 Å². The molecule has 0 aliphatic heterocycles. The molecule has 0 saturated carbocycles. The largest absolute Gasteiger partial charge is 0.471 e. The van der Waals surface area contributed by atoms with Gasteiger partial charge in [-0.1, -0.05) is 17.3 Å². The molecule has 0 atom stereocenters. The van der Waals surface area contributed by atoms with Crippen LogP contribution < -0.4 is 0 Å². The van der Waals surface area contributed by atoms with Crippen molar-refractivity contribution >= 4 is 22.2 Å². The third-order valence-electron chi connectivity index (χ3n) is 4.04. The van der Waals surface area contributed by atoms with Gasteiger partial charge in [0.2, 0.25) is 0 Å². The van der Waals surface area contributed by atoms with Crippen LogP contribution in [0.3, 0.4) is 0 Å². The molecule has 3 aromatic heterocycles. The minimum atomic E-state index is -4.73. The summed E-state index contributed by atoms with van der Waals surface area (Å²) in [6.07, 6.45) is 3.70. The quantitative estimate of drug-likeness (QED) is 0.513. The fraction of sp³-hybridized carbons (Fsp3) is 0.0556. The molecule has 0 unspecified atom stereocenters. The second-order valence-electron chi connectivity index (χ2n) is 6.08. The standard InChI is InChI=1S/C18H12F3N5O3S/c19-18(20,21)17-24-16(25-29-17)5-4-12-6-7-26(11-12)30(27,28)15-3-1-2-13(8-15)14-9-22-23-10-14/h1-11H,(H,22,23)/b5-4+. The zero-order valence-electron chi connectivity index (χ0n) is 14.9. The van der Waals surface area contributed by atoms with Crippen LogP contribution in [-0.4, -0.2) is 32.7 Å². The third-order valence-corrected chi connectivity index (χ3v) is 5.67. The van der Waals surface area contributed by atoms with Gasteiger partial charge in [-0.25, -0.2) is 12.4 Å². The fourth-order valence-electron chi connectivity index (χ4n) is 2.60. The summed E-state index contributed by atoms with van der Waals surface area (Å²) in [5.41, 5.74) is 1.83. The zero-order chi connectivity index (χ0) is 21.4. The number of aromatic amines is 1. The molecule has 1 aromatic carbocycles. The van der Waals surface area contributed by atoms with E-state index >= 15 is 0 Å². The van der Waals surface area contributed by atoms with Gasteiger partial charge in [-0.05, 0) is 41.5 Å². The fourth-order valence-corrected chi connectivity index (χ4v) is 3.85. The van der Waals surface area contributed by atoms with E-state index in [0.29, 0.717) is 11.1 Å². The topological polar surface area (TPSA) is 107 Å². The first-order valence-corrected chi connectivity index (χ1v) is 9.79. The Kier molecular flexibility index (Phi) is 4.78. The van der Waals surface area contributed by atoms with Gasteiger partial charge in [0.1, 0.15) is 0 Å². The maximum atomic E-state index is 12.9. The number of benzene rings is 1. The first-order valence-electron chi connectivity index (χ1n) is 8.35. The van der Waals surface area contributed by atoms with E-state index in [2.05, 4.69) is 24.9 Å². The number of rotatable bonds is 5. The lowest BCUT2D eigenvalue weighted by molar-refractivity contribution is -0.159. The van der Waals surface area contributed by atoms with E-state index in [-0.39, 0.29) is 10.7 Å². The zero-order valence-corrected chi connectivity index (χ0v) is 15.7. The van der Waals surface area contributed by atoms with Crippen LogP contribution in [0.5, 0.6) is 0 Å². The third kappa shape index (κ3) is 3.89. The Morgan fingerprint density at radius 1 is 1.13 bits per heavy atom. The first kappa shape index (κ1) is 19.6. The van der Waals surface area contributed by atoms with Crippen LogP contribution in [0.1, 0.15) is 17.3 Å². The summed E-state index contributed by atoms with van der Waals surface area (Å²) in [5.74, 6) is -1.74. The highest BCUT2D eigenvalue weighted by Gasteiger charge is 2.38. The average molecular weight is 435 g/mol. The molecule has 4 rings (SSSR count). The molecular formula is C18H12F3N5O3S. The van der Waals surface area contributed by atoms with Crippen LogP contribution in [0.15, 0.2) is 64.5 Å². The van der Waals surface area contributed by atoms with Crippen molar-refractivity contribution in [1.29, 1.82) is 0 Å². The molecule has 0 fully saturated rings. The molecule has 3 heterocycles. The molecular weight excluding hydrogens is 423 g/mol. The summed E-state index contributed by atoms with van der Waals surface area (Å²) in [6.45, 7) is 0. The normalized spacial score (nSPS) is 12.6. The maximum Gasteiger partial charge on any atom is 0.471 e. The smallest absolute Gasteiger partial charge is 0.329 e. The highest BCUT2D eigenvalue weighted by atomic mass is 32.2. The molecule has 0 amide bonds. The summed E-state index contributed by atoms with van der Waals surface area (Å²) in [5, 5.41) is 9.72. The Morgan fingerprint density at radius 2 is 1.97 bits per heavy atom. The molecule has 0 spiro atoms. The van der Waals surface area contributed by atoms with Gasteiger partial charge in [-0.2, -0.15) is 23.3 Å².